The number of amides is 3. The normalized spacial score (nSPS) is 10.4. The average Bonchev–Trinajstić information content (AvgIpc) is 2.47. The van der Waals surface area contributed by atoms with Gasteiger partial charge in [-0.3, -0.25) is 4.79 Å². The Morgan fingerprint density at radius 3 is 2.45 bits per heavy atom. The number of urea groups is 1. The first-order chi connectivity index (χ1) is 10.5. The molecule has 0 atom stereocenters. The molecule has 0 aliphatic heterocycles. The minimum absolute atomic E-state index is 0.0905. The van der Waals surface area contributed by atoms with Crippen molar-refractivity contribution in [2.45, 2.75) is 33.2 Å². The van der Waals surface area contributed by atoms with Gasteiger partial charge in [0.05, 0.1) is 0 Å². The lowest BCUT2D eigenvalue weighted by atomic mass is 10.2. The summed E-state index contributed by atoms with van der Waals surface area (Å²) in [5.41, 5.74) is 1.21. The highest BCUT2D eigenvalue weighted by Crippen LogP contribution is 2.09. The molecule has 0 bridgehead atoms. The summed E-state index contributed by atoms with van der Waals surface area (Å²) in [7, 11) is 0. The van der Waals surface area contributed by atoms with Crippen molar-refractivity contribution in [3.63, 3.8) is 0 Å². The van der Waals surface area contributed by atoms with E-state index in [4.69, 9.17) is 4.74 Å². The molecule has 1 rings (SSSR count). The van der Waals surface area contributed by atoms with Crippen LogP contribution in [0, 0.1) is 0 Å². The molecule has 0 heterocycles. The number of nitrogens with one attached hydrogen (secondary N) is 3. The molecule has 0 aliphatic rings. The third kappa shape index (κ3) is 7.08. The standard InChI is InChI=1S/C16H25N3O3/c1-4-22-11-5-10-17-16(21)19-14-8-6-13(7-9-14)15(20)18-12(2)3/h6-9,12H,4-5,10-11H2,1-3H3,(H,18,20)(H2,17,19,21). The quantitative estimate of drug-likeness (QED) is 0.645. The molecular formula is C16H25N3O3. The maximum absolute atomic E-state index is 11.8. The molecule has 1 aromatic rings. The van der Waals surface area contributed by atoms with Crippen molar-refractivity contribution in [1.29, 1.82) is 0 Å². The minimum atomic E-state index is -0.268. The molecule has 0 saturated carbocycles. The van der Waals surface area contributed by atoms with E-state index in [1.165, 1.54) is 0 Å². The summed E-state index contributed by atoms with van der Waals surface area (Å²) in [6.07, 6.45) is 0.773. The molecule has 3 N–H and O–H groups in total. The maximum Gasteiger partial charge on any atom is 0.319 e. The van der Waals surface area contributed by atoms with Crippen molar-refractivity contribution in [2.24, 2.45) is 0 Å². The number of carbonyl (C=O) groups excluding carboxylic acids is 2. The van der Waals surface area contributed by atoms with Crippen LogP contribution in [0.2, 0.25) is 0 Å². The number of anilines is 1. The smallest absolute Gasteiger partial charge is 0.319 e. The summed E-state index contributed by atoms with van der Waals surface area (Å²) in [6.45, 7) is 7.62. The van der Waals surface area contributed by atoms with Gasteiger partial charge in [0.2, 0.25) is 0 Å². The van der Waals surface area contributed by atoms with E-state index in [9.17, 15) is 9.59 Å². The van der Waals surface area contributed by atoms with Gasteiger partial charge in [0.1, 0.15) is 0 Å². The zero-order valence-electron chi connectivity index (χ0n) is 13.4. The highest BCUT2D eigenvalue weighted by molar-refractivity contribution is 5.95. The third-order valence-electron chi connectivity index (χ3n) is 2.78. The van der Waals surface area contributed by atoms with Crippen LogP contribution in [0.3, 0.4) is 0 Å². The predicted octanol–water partition coefficient (Wildman–Crippen LogP) is 2.37. The monoisotopic (exact) mass is 307 g/mol. The summed E-state index contributed by atoms with van der Waals surface area (Å²) < 4.78 is 5.19. The molecule has 6 heteroatoms. The van der Waals surface area contributed by atoms with Crippen LogP contribution in [0.15, 0.2) is 24.3 Å². The topological polar surface area (TPSA) is 79.5 Å². The minimum Gasteiger partial charge on any atom is -0.382 e. The van der Waals surface area contributed by atoms with Crippen LogP contribution in [-0.2, 0) is 4.74 Å². The van der Waals surface area contributed by atoms with Crippen molar-refractivity contribution in [2.75, 3.05) is 25.1 Å². The van der Waals surface area contributed by atoms with E-state index >= 15 is 0 Å². The molecule has 0 fully saturated rings. The second-order valence-corrected chi connectivity index (χ2v) is 5.14. The third-order valence-corrected chi connectivity index (χ3v) is 2.78. The lowest BCUT2D eigenvalue weighted by Crippen LogP contribution is -2.30. The molecule has 6 nitrogen and oxygen atoms in total. The fourth-order valence-electron chi connectivity index (χ4n) is 1.75. The largest absolute Gasteiger partial charge is 0.382 e. The van der Waals surface area contributed by atoms with E-state index in [2.05, 4.69) is 16.0 Å². The van der Waals surface area contributed by atoms with E-state index in [-0.39, 0.29) is 18.0 Å². The number of hydrogen-bond donors (Lipinski definition) is 3. The van der Waals surface area contributed by atoms with Gasteiger partial charge < -0.3 is 20.7 Å². The Bertz CT molecular complexity index is 472. The van der Waals surface area contributed by atoms with Gasteiger partial charge in [0.15, 0.2) is 0 Å². The van der Waals surface area contributed by atoms with Crippen molar-refractivity contribution >= 4 is 17.6 Å². The van der Waals surface area contributed by atoms with Crippen LogP contribution < -0.4 is 16.0 Å². The molecule has 1 aromatic carbocycles. The number of ether oxygens (including phenoxy) is 1. The second-order valence-electron chi connectivity index (χ2n) is 5.14. The molecule has 0 unspecified atom stereocenters. The Kier molecular flexibility index (Phi) is 7.99. The average molecular weight is 307 g/mol. The molecular weight excluding hydrogens is 282 g/mol. The van der Waals surface area contributed by atoms with E-state index in [0.717, 1.165) is 6.42 Å². The highest BCUT2D eigenvalue weighted by Gasteiger charge is 2.07. The Morgan fingerprint density at radius 2 is 1.86 bits per heavy atom. The first-order valence-electron chi connectivity index (χ1n) is 7.56. The van der Waals surface area contributed by atoms with Gasteiger partial charge in [-0.25, -0.2) is 4.79 Å². The fourth-order valence-corrected chi connectivity index (χ4v) is 1.75. The molecule has 0 aliphatic carbocycles. The van der Waals surface area contributed by atoms with E-state index in [1.807, 2.05) is 20.8 Å². The summed E-state index contributed by atoms with van der Waals surface area (Å²) in [5, 5.41) is 8.27. The summed E-state index contributed by atoms with van der Waals surface area (Å²) in [4.78, 5) is 23.5. The molecule has 0 aromatic heterocycles. The summed E-state index contributed by atoms with van der Waals surface area (Å²) in [5.74, 6) is -0.123. The van der Waals surface area contributed by atoms with Gasteiger partial charge in [-0.15, -0.1) is 0 Å². The van der Waals surface area contributed by atoms with E-state index in [1.54, 1.807) is 24.3 Å². The van der Waals surface area contributed by atoms with Crippen LogP contribution in [0.1, 0.15) is 37.6 Å². The number of benzene rings is 1. The zero-order valence-corrected chi connectivity index (χ0v) is 13.4. The number of carbonyl (C=O) groups is 2. The van der Waals surface area contributed by atoms with Gasteiger partial charge in [0.25, 0.3) is 5.91 Å². The SMILES string of the molecule is CCOCCCNC(=O)Nc1ccc(C(=O)NC(C)C)cc1. The number of rotatable bonds is 8. The van der Waals surface area contributed by atoms with Gasteiger partial charge in [-0.1, -0.05) is 0 Å². The molecule has 0 saturated heterocycles. The van der Waals surface area contributed by atoms with Gasteiger partial charge >= 0.3 is 6.03 Å². The van der Waals surface area contributed by atoms with Crippen LogP contribution >= 0.6 is 0 Å². The molecule has 3 amide bonds. The predicted molar refractivity (Wildman–Crippen MR) is 87.2 cm³/mol. The van der Waals surface area contributed by atoms with Crippen LogP contribution in [0.25, 0.3) is 0 Å². The van der Waals surface area contributed by atoms with Crippen LogP contribution in [0.4, 0.5) is 10.5 Å². The van der Waals surface area contributed by atoms with Crippen molar-refractivity contribution < 1.29 is 14.3 Å². The van der Waals surface area contributed by atoms with Crippen LogP contribution in [-0.4, -0.2) is 37.7 Å². The zero-order chi connectivity index (χ0) is 16.4. The van der Waals surface area contributed by atoms with Gasteiger partial charge in [0, 0.05) is 37.1 Å². The van der Waals surface area contributed by atoms with Gasteiger partial charge in [-0.2, -0.15) is 0 Å². The Morgan fingerprint density at radius 1 is 1.18 bits per heavy atom. The van der Waals surface area contributed by atoms with Crippen molar-refractivity contribution in [3.05, 3.63) is 29.8 Å². The summed E-state index contributed by atoms with van der Waals surface area (Å²) in [6, 6.07) is 6.60. The van der Waals surface area contributed by atoms with E-state index in [0.29, 0.717) is 31.0 Å². The van der Waals surface area contributed by atoms with Gasteiger partial charge in [-0.05, 0) is 51.5 Å². The van der Waals surface area contributed by atoms with Crippen molar-refractivity contribution in [1.82, 2.24) is 10.6 Å². The Balaban J connectivity index is 2.37. The molecule has 0 radical (unpaired) electrons. The first kappa shape index (κ1) is 18.0. The fraction of sp³-hybridized carbons (Fsp3) is 0.500. The van der Waals surface area contributed by atoms with Crippen molar-refractivity contribution in [3.8, 4) is 0 Å². The Hall–Kier alpha value is -2.08. The molecule has 22 heavy (non-hydrogen) atoms. The van der Waals surface area contributed by atoms with E-state index < -0.39 is 0 Å². The lowest BCUT2D eigenvalue weighted by molar-refractivity contribution is 0.0943. The summed E-state index contributed by atoms with van der Waals surface area (Å²) >= 11 is 0. The highest BCUT2D eigenvalue weighted by atomic mass is 16.5. The number of hydrogen-bond acceptors (Lipinski definition) is 3. The lowest BCUT2D eigenvalue weighted by Gasteiger charge is -2.10. The first-order valence-corrected chi connectivity index (χ1v) is 7.56. The van der Waals surface area contributed by atoms with Crippen LogP contribution in [0.5, 0.6) is 0 Å². The Labute approximate surface area is 131 Å². The molecule has 0 spiro atoms. The molecule has 122 valence electrons. The maximum atomic E-state index is 11.8. The second kappa shape index (κ2) is 9.78.